The Kier molecular flexibility index (Phi) is 4.51. The van der Waals surface area contributed by atoms with Gasteiger partial charge in [-0.1, -0.05) is 54.9 Å². The molecule has 5 heteroatoms. The summed E-state index contributed by atoms with van der Waals surface area (Å²) in [6, 6.07) is 15.8. The third-order valence-electron chi connectivity index (χ3n) is 4.96. The minimum Gasteiger partial charge on any atom is -0.308 e. The normalized spacial score (nSPS) is 16.4. The highest BCUT2D eigenvalue weighted by molar-refractivity contribution is 6.31. The van der Waals surface area contributed by atoms with E-state index in [1.54, 1.807) is 17.1 Å². The number of hydrogen-bond acceptors (Lipinski definition) is 2. The van der Waals surface area contributed by atoms with E-state index in [-0.39, 0.29) is 5.91 Å². The number of fused-ring (bicyclic) bond motifs is 1. The van der Waals surface area contributed by atoms with Gasteiger partial charge in [0.25, 0.3) is 5.91 Å². The Hall–Kier alpha value is -2.59. The summed E-state index contributed by atoms with van der Waals surface area (Å²) in [7, 11) is 0. The fourth-order valence-corrected chi connectivity index (χ4v) is 3.67. The number of amides is 1. The molecule has 4 rings (SSSR count). The quantitative estimate of drug-likeness (QED) is 0.672. The van der Waals surface area contributed by atoms with Crippen molar-refractivity contribution in [3.63, 3.8) is 0 Å². The summed E-state index contributed by atoms with van der Waals surface area (Å²) in [6.45, 7) is 3.48. The number of carbonyl (C=O) groups excluding carboxylic acids is 1. The Balaban J connectivity index is 1.58. The highest BCUT2D eigenvalue weighted by Gasteiger charge is 2.27. The molecule has 0 saturated carbocycles. The predicted octanol–water partition coefficient (Wildman–Crippen LogP) is 4.74. The molecule has 0 spiro atoms. The molecule has 0 radical (unpaired) electrons. The molecule has 1 aliphatic rings. The molecule has 2 aromatic carbocycles. The zero-order valence-corrected chi connectivity index (χ0v) is 15.4. The molecule has 0 saturated heterocycles. The van der Waals surface area contributed by atoms with Crippen molar-refractivity contribution in [1.82, 2.24) is 9.78 Å². The lowest BCUT2D eigenvalue weighted by Crippen LogP contribution is -2.36. The third kappa shape index (κ3) is 3.13. The van der Waals surface area contributed by atoms with Crippen LogP contribution in [-0.2, 0) is 6.54 Å². The van der Waals surface area contributed by atoms with Crippen molar-refractivity contribution in [2.24, 2.45) is 0 Å². The number of hydrogen-bond donors (Lipinski definition) is 0. The van der Waals surface area contributed by atoms with Gasteiger partial charge in [0, 0.05) is 23.5 Å². The van der Waals surface area contributed by atoms with E-state index in [9.17, 15) is 4.79 Å². The van der Waals surface area contributed by atoms with Crippen LogP contribution < -0.4 is 4.90 Å². The summed E-state index contributed by atoms with van der Waals surface area (Å²) in [5.74, 6) is 0.466. The Morgan fingerprint density at radius 2 is 1.96 bits per heavy atom. The molecule has 0 aliphatic carbocycles. The van der Waals surface area contributed by atoms with E-state index in [4.69, 9.17) is 11.6 Å². The Morgan fingerprint density at radius 1 is 1.19 bits per heavy atom. The molecule has 2 heterocycles. The van der Waals surface area contributed by atoms with Gasteiger partial charge in [-0.05, 0) is 35.6 Å². The van der Waals surface area contributed by atoms with Crippen molar-refractivity contribution in [2.45, 2.75) is 25.8 Å². The van der Waals surface area contributed by atoms with Crippen molar-refractivity contribution in [3.05, 3.63) is 82.6 Å². The Morgan fingerprint density at radius 3 is 2.81 bits per heavy atom. The van der Waals surface area contributed by atoms with Gasteiger partial charge in [0.2, 0.25) is 0 Å². The molecule has 1 atom stereocenters. The van der Waals surface area contributed by atoms with Crippen molar-refractivity contribution in [1.29, 1.82) is 0 Å². The average molecular weight is 366 g/mol. The lowest BCUT2D eigenvalue weighted by atomic mass is 9.91. The highest BCUT2D eigenvalue weighted by Crippen LogP contribution is 2.35. The van der Waals surface area contributed by atoms with Crippen LogP contribution in [0.3, 0.4) is 0 Å². The molecule has 4 nitrogen and oxygen atoms in total. The summed E-state index contributed by atoms with van der Waals surface area (Å²) in [6.07, 6.45) is 4.41. The first-order chi connectivity index (χ1) is 12.6. The number of rotatable bonds is 3. The lowest BCUT2D eigenvalue weighted by Gasteiger charge is -2.32. The van der Waals surface area contributed by atoms with E-state index in [1.807, 2.05) is 47.4 Å². The molecule has 132 valence electrons. The van der Waals surface area contributed by atoms with Crippen molar-refractivity contribution in [2.75, 3.05) is 11.4 Å². The van der Waals surface area contributed by atoms with Gasteiger partial charge in [-0.25, -0.2) is 0 Å². The maximum absolute atomic E-state index is 13.0. The summed E-state index contributed by atoms with van der Waals surface area (Å²) in [5, 5.41) is 5.05. The first-order valence-electron chi connectivity index (χ1n) is 8.80. The SMILES string of the molecule is CC1CCN(C(=O)c2cnn(Cc3ccccc3Cl)c2)c2ccccc21. The zero-order valence-electron chi connectivity index (χ0n) is 14.6. The molecule has 0 bridgehead atoms. The predicted molar refractivity (Wildman–Crippen MR) is 104 cm³/mol. The second kappa shape index (κ2) is 6.96. The number of nitrogens with zero attached hydrogens (tertiary/aromatic N) is 3. The van der Waals surface area contributed by atoms with Crippen LogP contribution in [0.4, 0.5) is 5.69 Å². The number of carbonyl (C=O) groups is 1. The van der Waals surface area contributed by atoms with Crippen LogP contribution in [0.15, 0.2) is 60.9 Å². The molecule has 3 aromatic rings. The molecule has 26 heavy (non-hydrogen) atoms. The van der Waals surface area contributed by atoms with E-state index < -0.39 is 0 Å². The summed E-state index contributed by atoms with van der Waals surface area (Å²) >= 11 is 6.22. The minimum atomic E-state index is -0.00485. The van der Waals surface area contributed by atoms with E-state index in [0.29, 0.717) is 23.0 Å². The lowest BCUT2D eigenvalue weighted by molar-refractivity contribution is 0.0984. The fourth-order valence-electron chi connectivity index (χ4n) is 3.48. The molecule has 1 unspecified atom stereocenters. The van der Waals surface area contributed by atoms with Gasteiger partial charge in [-0.2, -0.15) is 5.10 Å². The van der Waals surface area contributed by atoms with E-state index in [0.717, 1.165) is 24.2 Å². The van der Waals surface area contributed by atoms with Crippen molar-refractivity contribution < 1.29 is 4.79 Å². The van der Waals surface area contributed by atoms with Crippen LogP contribution in [0, 0.1) is 0 Å². The topological polar surface area (TPSA) is 38.1 Å². The monoisotopic (exact) mass is 365 g/mol. The molecule has 0 fully saturated rings. The number of anilines is 1. The maximum Gasteiger partial charge on any atom is 0.261 e. The average Bonchev–Trinajstić information content (AvgIpc) is 3.12. The molecular weight excluding hydrogens is 346 g/mol. The Bertz CT molecular complexity index is 950. The molecular formula is C21H20ClN3O. The first kappa shape index (κ1) is 16.9. The first-order valence-corrected chi connectivity index (χ1v) is 9.18. The Labute approximate surface area is 158 Å². The number of benzene rings is 2. The smallest absolute Gasteiger partial charge is 0.261 e. The van der Waals surface area contributed by atoms with Gasteiger partial charge in [0.05, 0.1) is 18.3 Å². The van der Waals surface area contributed by atoms with Crippen LogP contribution in [-0.4, -0.2) is 22.2 Å². The largest absolute Gasteiger partial charge is 0.308 e. The third-order valence-corrected chi connectivity index (χ3v) is 5.33. The van der Waals surface area contributed by atoms with Gasteiger partial charge < -0.3 is 4.90 Å². The highest BCUT2D eigenvalue weighted by atomic mass is 35.5. The maximum atomic E-state index is 13.0. The summed E-state index contributed by atoms with van der Waals surface area (Å²) in [4.78, 5) is 14.9. The standard InChI is InChI=1S/C21H20ClN3O/c1-15-10-11-25(20-9-5-3-7-18(15)20)21(26)17-12-23-24(14-17)13-16-6-2-4-8-19(16)22/h2-9,12,14-15H,10-11,13H2,1H3. The van der Waals surface area contributed by atoms with Crippen LogP contribution in [0.2, 0.25) is 5.02 Å². The molecule has 1 amide bonds. The fraction of sp³-hybridized carbons (Fsp3) is 0.238. The zero-order chi connectivity index (χ0) is 18.1. The second-order valence-electron chi connectivity index (χ2n) is 6.72. The van der Waals surface area contributed by atoms with Crippen molar-refractivity contribution >= 4 is 23.2 Å². The van der Waals surface area contributed by atoms with E-state index in [1.165, 1.54) is 5.56 Å². The van der Waals surface area contributed by atoms with E-state index >= 15 is 0 Å². The van der Waals surface area contributed by atoms with Crippen LogP contribution in [0.5, 0.6) is 0 Å². The molecule has 1 aliphatic heterocycles. The van der Waals surface area contributed by atoms with Gasteiger partial charge in [-0.15, -0.1) is 0 Å². The van der Waals surface area contributed by atoms with Crippen LogP contribution >= 0.6 is 11.6 Å². The summed E-state index contributed by atoms with van der Waals surface area (Å²) < 4.78 is 1.76. The van der Waals surface area contributed by atoms with E-state index in [2.05, 4.69) is 18.1 Å². The van der Waals surface area contributed by atoms with Crippen molar-refractivity contribution in [3.8, 4) is 0 Å². The number of para-hydroxylation sites is 1. The molecule has 0 N–H and O–H groups in total. The number of halogens is 1. The minimum absolute atomic E-state index is 0.00485. The summed E-state index contributed by atoms with van der Waals surface area (Å²) in [5.41, 5.74) is 3.82. The van der Waals surface area contributed by atoms with Gasteiger partial charge in [0.1, 0.15) is 0 Å². The second-order valence-corrected chi connectivity index (χ2v) is 7.13. The van der Waals surface area contributed by atoms with Gasteiger partial charge in [0.15, 0.2) is 0 Å². The van der Waals surface area contributed by atoms with Crippen LogP contribution in [0.25, 0.3) is 0 Å². The van der Waals surface area contributed by atoms with Crippen LogP contribution in [0.1, 0.15) is 40.7 Å². The van der Waals surface area contributed by atoms with Gasteiger partial charge >= 0.3 is 0 Å². The van der Waals surface area contributed by atoms with Gasteiger partial charge in [-0.3, -0.25) is 9.48 Å². The number of aromatic nitrogens is 2. The molecule has 1 aromatic heterocycles.